The van der Waals surface area contributed by atoms with Gasteiger partial charge in [-0.2, -0.15) is 0 Å². The summed E-state index contributed by atoms with van der Waals surface area (Å²) in [6.45, 7) is 6.11. The van der Waals surface area contributed by atoms with Gasteiger partial charge in [0.05, 0.1) is 19.3 Å². The Hall–Kier alpha value is -2.51. The Morgan fingerprint density at radius 1 is 1.20 bits per heavy atom. The number of hydrogen-bond donors (Lipinski definition) is 2. The molecule has 2 atom stereocenters. The maximum absolute atomic E-state index is 13.2. The normalized spacial score (nSPS) is 16.9. The van der Waals surface area contributed by atoms with Crippen molar-refractivity contribution in [2.45, 2.75) is 30.4 Å². The molecule has 30 heavy (non-hydrogen) atoms. The summed E-state index contributed by atoms with van der Waals surface area (Å²) < 4.78 is 5.20. The first-order valence-corrected chi connectivity index (χ1v) is 11.2. The van der Waals surface area contributed by atoms with Crippen LogP contribution in [0.15, 0.2) is 53.4 Å². The van der Waals surface area contributed by atoms with Crippen LogP contribution in [0.3, 0.4) is 0 Å². The Bertz CT molecular complexity index is 890. The van der Waals surface area contributed by atoms with E-state index in [2.05, 4.69) is 18.3 Å². The number of rotatable bonds is 7. The molecular weight excluding hydrogens is 398 g/mol. The zero-order valence-corrected chi connectivity index (χ0v) is 18.6. The Morgan fingerprint density at radius 2 is 2.00 bits per heavy atom. The minimum absolute atomic E-state index is 0.0585. The molecule has 0 saturated heterocycles. The molecule has 0 aromatic heterocycles. The van der Waals surface area contributed by atoms with E-state index in [-0.39, 0.29) is 24.9 Å². The Balaban J connectivity index is 1.63. The average Bonchev–Trinajstić information content (AvgIpc) is 2.91. The van der Waals surface area contributed by atoms with Crippen LogP contribution in [0.5, 0.6) is 5.75 Å². The largest absolute Gasteiger partial charge is 0.497 e. The molecule has 0 saturated carbocycles. The van der Waals surface area contributed by atoms with Crippen LogP contribution in [0.2, 0.25) is 0 Å². The van der Waals surface area contributed by atoms with Gasteiger partial charge in [0.15, 0.2) is 13.1 Å². The lowest BCUT2D eigenvalue weighted by Gasteiger charge is -2.25. The SMILES string of the molecule is CC[NH+](CC(=O)Nc1cccc(OC)c1)CC(=O)N1CC[C@H](C)Sc2ccccc21. The summed E-state index contributed by atoms with van der Waals surface area (Å²) in [5.41, 5.74) is 1.67. The number of benzene rings is 2. The predicted octanol–water partition coefficient (Wildman–Crippen LogP) is 2.46. The van der Waals surface area contributed by atoms with Crippen molar-refractivity contribution < 1.29 is 19.2 Å². The van der Waals surface area contributed by atoms with E-state index in [4.69, 9.17) is 4.74 Å². The number of carbonyl (C=O) groups excluding carboxylic acids is 2. The molecule has 2 aromatic carbocycles. The second-order valence-corrected chi connectivity index (χ2v) is 8.95. The number of ether oxygens (including phenoxy) is 1. The second-order valence-electron chi connectivity index (χ2n) is 7.47. The molecule has 2 aromatic rings. The van der Waals surface area contributed by atoms with Crippen molar-refractivity contribution in [3.05, 3.63) is 48.5 Å². The highest BCUT2D eigenvalue weighted by Crippen LogP contribution is 2.37. The van der Waals surface area contributed by atoms with E-state index in [1.807, 2.05) is 60.0 Å². The third-order valence-corrected chi connectivity index (χ3v) is 6.45. The predicted molar refractivity (Wildman–Crippen MR) is 122 cm³/mol. The number of thioether (sulfide) groups is 1. The van der Waals surface area contributed by atoms with Gasteiger partial charge in [0.2, 0.25) is 0 Å². The van der Waals surface area contributed by atoms with Gasteiger partial charge >= 0.3 is 0 Å². The van der Waals surface area contributed by atoms with Crippen molar-refractivity contribution in [1.82, 2.24) is 0 Å². The van der Waals surface area contributed by atoms with E-state index < -0.39 is 0 Å². The fourth-order valence-corrected chi connectivity index (χ4v) is 4.61. The van der Waals surface area contributed by atoms with Crippen molar-refractivity contribution in [3.63, 3.8) is 0 Å². The molecule has 6 nitrogen and oxygen atoms in total. The Morgan fingerprint density at radius 3 is 2.77 bits per heavy atom. The summed E-state index contributed by atoms with van der Waals surface area (Å²) in [7, 11) is 1.59. The van der Waals surface area contributed by atoms with Gasteiger partial charge < -0.3 is 19.9 Å². The lowest BCUT2D eigenvalue weighted by molar-refractivity contribution is -0.881. The molecule has 0 spiro atoms. The topological polar surface area (TPSA) is 63.1 Å². The highest BCUT2D eigenvalue weighted by molar-refractivity contribution is 8.00. The molecule has 2 amide bonds. The average molecular weight is 429 g/mol. The van der Waals surface area contributed by atoms with Gasteiger partial charge in [-0.1, -0.05) is 25.1 Å². The lowest BCUT2D eigenvalue weighted by atomic mass is 10.2. The molecule has 160 valence electrons. The Labute approximate surface area is 182 Å². The van der Waals surface area contributed by atoms with Gasteiger partial charge in [0.1, 0.15) is 5.75 Å². The van der Waals surface area contributed by atoms with Gasteiger partial charge in [-0.3, -0.25) is 9.59 Å². The highest BCUT2D eigenvalue weighted by Gasteiger charge is 2.27. The molecule has 2 N–H and O–H groups in total. The summed E-state index contributed by atoms with van der Waals surface area (Å²) in [5.74, 6) is 0.631. The number of para-hydroxylation sites is 1. The van der Waals surface area contributed by atoms with Crippen molar-refractivity contribution >= 4 is 35.0 Å². The summed E-state index contributed by atoms with van der Waals surface area (Å²) >= 11 is 1.82. The fraction of sp³-hybridized carbons (Fsp3) is 0.391. The second kappa shape index (κ2) is 10.5. The summed E-state index contributed by atoms with van der Waals surface area (Å²) in [6, 6.07) is 15.3. The smallest absolute Gasteiger partial charge is 0.282 e. The van der Waals surface area contributed by atoms with Crippen LogP contribution in [-0.4, -0.2) is 50.4 Å². The maximum atomic E-state index is 13.2. The van der Waals surface area contributed by atoms with E-state index >= 15 is 0 Å². The highest BCUT2D eigenvalue weighted by atomic mass is 32.2. The number of nitrogens with one attached hydrogen (secondary N) is 2. The standard InChI is InChI=1S/C23H29N3O3S/c1-4-25(15-22(27)24-18-8-7-9-19(14-18)29-3)16-23(28)26-13-12-17(2)30-21-11-6-5-10-20(21)26/h5-11,14,17H,4,12-13,15-16H2,1-3H3,(H,24,27)/p+1/t17-/m0/s1. The van der Waals surface area contributed by atoms with Crippen molar-refractivity contribution in [2.24, 2.45) is 0 Å². The summed E-state index contributed by atoms with van der Waals surface area (Å²) in [4.78, 5) is 29.7. The monoisotopic (exact) mass is 428 g/mol. The van der Waals surface area contributed by atoms with Gasteiger partial charge in [-0.25, -0.2) is 0 Å². The molecule has 1 unspecified atom stereocenters. The van der Waals surface area contributed by atoms with Crippen LogP contribution < -0.4 is 19.9 Å². The number of amides is 2. The van der Waals surface area contributed by atoms with Crippen LogP contribution in [0, 0.1) is 0 Å². The number of nitrogens with zero attached hydrogens (tertiary/aromatic N) is 1. The number of carbonyl (C=O) groups is 2. The van der Waals surface area contributed by atoms with Crippen molar-refractivity contribution in [1.29, 1.82) is 0 Å². The summed E-state index contributed by atoms with van der Waals surface area (Å²) in [5, 5.41) is 3.36. The first-order chi connectivity index (χ1) is 14.5. The minimum atomic E-state index is -0.117. The zero-order chi connectivity index (χ0) is 21.5. The lowest BCUT2D eigenvalue weighted by Crippen LogP contribution is -3.14. The number of anilines is 2. The van der Waals surface area contributed by atoms with Crippen molar-refractivity contribution in [3.8, 4) is 5.75 Å². The molecule has 7 heteroatoms. The third-order valence-electron chi connectivity index (χ3n) is 5.21. The van der Waals surface area contributed by atoms with Crippen LogP contribution in [-0.2, 0) is 9.59 Å². The van der Waals surface area contributed by atoms with E-state index in [1.165, 1.54) is 0 Å². The Kier molecular flexibility index (Phi) is 7.76. The number of quaternary nitrogens is 1. The van der Waals surface area contributed by atoms with Gasteiger partial charge in [0.25, 0.3) is 11.8 Å². The molecule has 1 heterocycles. The number of likely N-dealkylation sites (N-methyl/N-ethyl adjacent to an activating group) is 1. The molecular formula is C23H30N3O3S+. The molecule has 0 radical (unpaired) electrons. The molecule has 1 aliphatic heterocycles. The number of fused-ring (bicyclic) bond motifs is 1. The molecule has 0 bridgehead atoms. The fourth-order valence-electron chi connectivity index (χ4n) is 3.50. The van der Waals surface area contributed by atoms with E-state index in [1.54, 1.807) is 13.2 Å². The number of hydrogen-bond acceptors (Lipinski definition) is 4. The quantitative estimate of drug-likeness (QED) is 0.711. The van der Waals surface area contributed by atoms with E-state index in [0.29, 0.717) is 29.8 Å². The number of methoxy groups -OCH3 is 1. The summed E-state index contributed by atoms with van der Waals surface area (Å²) in [6.07, 6.45) is 0.947. The van der Waals surface area contributed by atoms with Gasteiger partial charge in [0, 0.05) is 28.4 Å². The van der Waals surface area contributed by atoms with Gasteiger partial charge in [-0.15, -0.1) is 11.8 Å². The molecule has 0 aliphatic carbocycles. The van der Waals surface area contributed by atoms with Crippen LogP contribution >= 0.6 is 11.8 Å². The van der Waals surface area contributed by atoms with E-state index in [9.17, 15) is 9.59 Å². The first-order valence-electron chi connectivity index (χ1n) is 10.3. The van der Waals surface area contributed by atoms with Crippen molar-refractivity contribution in [2.75, 3.05) is 43.5 Å². The van der Waals surface area contributed by atoms with Gasteiger partial charge in [-0.05, 0) is 37.6 Å². The van der Waals surface area contributed by atoms with Crippen LogP contribution in [0.25, 0.3) is 0 Å². The van der Waals surface area contributed by atoms with Crippen LogP contribution in [0.1, 0.15) is 20.3 Å². The molecule has 3 rings (SSSR count). The van der Waals surface area contributed by atoms with Crippen LogP contribution in [0.4, 0.5) is 11.4 Å². The maximum Gasteiger partial charge on any atom is 0.282 e. The zero-order valence-electron chi connectivity index (χ0n) is 17.8. The first kappa shape index (κ1) is 22.2. The third kappa shape index (κ3) is 5.77. The molecule has 0 fully saturated rings. The molecule has 1 aliphatic rings. The van der Waals surface area contributed by atoms with E-state index in [0.717, 1.165) is 21.9 Å². The minimum Gasteiger partial charge on any atom is -0.497 e.